The maximum atomic E-state index is 11.4. The zero-order chi connectivity index (χ0) is 15.0. The first kappa shape index (κ1) is 13.7. The predicted molar refractivity (Wildman–Crippen MR) is 78.8 cm³/mol. The summed E-state index contributed by atoms with van der Waals surface area (Å²) >= 11 is 1.33. The summed E-state index contributed by atoms with van der Waals surface area (Å²) in [6.45, 7) is 0.287. The van der Waals surface area contributed by atoms with Gasteiger partial charge in [0.05, 0.1) is 15.1 Å². The maximum Gasteiger partial charge on any atom is 0.323 e. The Hall–Kier alpha value is -2.22. The van der Waals surface area contributed by atoms with Gasteiger partial charge in [0.1, 0.15) is 12.2 Å². The monoisotopic (exact) mass is 307 g/mol. The lowest BCUT2D eigenvalue weighted by atomic mass is 10.2. The lowest BCUT2D eigenvalue weighted by molar-refractivity contribution is -0.382. The first-order chi connectivity index (χ1) is 10.1. The molecule has 1 aromatic heterocycles. The number of nitrogens with zero attached hydrogens (tertiary/aromatic N) is 3. The van der Waals surface area contributed by atoms with Gasteiger partial charge >= 0.3 is 11.7 Å². The molecule has 0 spiro atoms. The quantitative estimate of drug-likeness (QED) is 0.650. The van der Waals surface area contributed by atoms with Gasteiger partial charge in [0.25, 0.3) is 0 Å². The van der Waals surface area contributed by atoms with E-state index in [1.165, 1.54) is 11.3 Å². The van der Waals surface area contributed by atoms with Crippen LogP contribution in [0.25, 0.3) is 10.2 Å². The van der Waals surface area contributed by atoms with Crippen molar-refractivity contribution in [2.24, 2.45) is 5.92 Å². The highest BCUT2D eigenvalue weighted by Gasteiger charge is 2.30. The van der Waals surface area contributed by atoms with Crippen LogP contribution in [0.15, 0.2) is 17.6 Å². The molecule has 1 aromatic carbocycles. The molecule has 0 atom stereocenters. The summed E-state index contributed by atoms with van der Waals surface area (Å²) in [6.07, 6.45) is 2.09. The Morgan fingerprint density at radius 1 is 1.52 bits per heavy atom. The molecule has 110 valence electrons. The Morgan fingerprint density at radius 3 is 2.90 bits per heavy atom. The van der Waals surface area contributed by atoms with Gasteiger partial charge in [-0.05, 0) is 30.9 Å². The fourth-order valence-electron chi connectivity index (χ4n) is 2.36. The normalized spacial score (nSPS) is 14.3. The molecule has 0 radical (unpaired) electrons. The van der Waals surface area contributed by atoms with Gasteiger partial charge in [-0.25, -0.2) is 4.98 Å². The van der Waals surface area contributed by atoms with E-state index in [2.05, 4.69) is 4.98 Å². The van der Waals surface area contributed by atoms with Crippen molar-refractivity contribution in [2.45, 2.75) is 12.8 Å². The van der Waals surface area contributed by atoms with Gasteiger partial charge < -0.3 is 10.0 Å². The van der Waals surface area contributed by atoms with Crippen LogP contribution in [0.3, 0.4) is 0 Å². The first-order valence-electron chi connectivity index (χ1n) is 6.53. The predicted octanol–water partition coefficient (Wildman–Crippen LogP) is 2.51. The number of fused-ring (bicyclic) bond motifs is 1. The van der Waals surface area contributed by atoms with E-state index in [1.54, 1.807) is 22.5 Å². The number of anilines is 1. The first-order valence-corrected chi connectivity index (χ1v) is 7.41. The SMILES string of the molecule is O=C(O)CN(CC1CC1)c1ccc2scnc2c1[N+](=O)[O-]. The number of nitro groups is 1. The summed E-state index contributed by atoms with van der Waals surface area (Å²) in [7, 11) is 0. The molecule has 0 unspecified atom stereocenters. The third-order valence-electron chi connectivity index (χ3n) is 3.48. The molecule has 21 heavy (non-hydrogen) atoms. The van der Waals surface area contributed by atoms with Crippen molar-refractivity contribution < 1.29 is 14.8 Å². The van der Waals surface area contributed by atoms with Gasteiger partial charge in [0, 0.05) is 6.54 Å². The molecule has 3 rings (SSSR count). The zero-order valence-corrected chi connectivity index (χ0v) is 11.9. The maximum absolute atomic E-state index is 11.4. The number of carbonyl (C=O) groups is 1. The third kappa shape index (κ3) is 2.80. The van der Waals surface area contributed by atoms with Gasteiger partial charge in [-0.3, -0.25) is 14.9 Å². The van der Waals surface area contributed by atoms with E-state index in [0.717, 1.165) is 17.5 Å². The minimum atomic E-state index is -0.997. The Balaban J connectivity index is 2.08. The van der Waals surface area contributed by atoms with Crippen LogP contribution < -0.4 is 4.90 Å². The fourth-order valence-corrected chi connectivity index (χ4v) is 3.04. The van der Waals surface area contributed by atoms with Crippen molar-refractivity contribution in [3.8, 4) is 0 Å². The molecule has 1 aliphatic rings. The smallest absolute Gasteiger partial charge is 0.323 e. The van der Waals surface area contributed by atoms with Gasteiger partial charge in [-0.2, -0.15) is 0 Å². The van der Waals surface area contributed by atoms with E-state index in [4.69, 9.17) is 5.11 Å². The second-order valence-corrected chi connectivity index (χ2v) is 5.99. The number of aliphatic carboxylic acids is 1. The largest absolute Gasteiger partial charge is 0.480 e. The molecular weight excluding hydrogens is 294 g/mol. The van der Waals surface area contributed by atoms with Crippen molar-refractivity contribution in [3.63, 3.8) is 0 Å². The highest BCUT2D eigenvalue weighted by Crippen LogP contribution is 2.39. The minimum absolute atomic E-state index is 0.101. The number of nitro benzene ring substituents is 1. The standard InChI is InChI=1S/C13H13N3O4S/c17-11(18)6-15(5-8-1-2-8)9-3-4-10-12(14-7-21-10)13(9)16(19)20/h3-4,7-8H,1-2,5-6H2,(H,17,18). The third-order valence-corrected chi connectivity index (χ3v) is 4.27. The molecule has 1 fully saturated rings. The molecule has 0 aliphatic heterocycles. The molecule has 7 nitrogen and oxygen atoms in total. The molecule has 2 aromatic rings. The van der Waals surface area contributed by atoms with Crippen molar-refractivity contribution in [3.05, 3.63) is 27.8 Å². The summed E-state index contributed by atoms with van der Waals surface area (Å²) < 4.78 is 0.729. The van der Waals surface area contributed by atoms with Gasteiger partial charge in [-0.1, -0.05) is 0 Å². The van der Waals surface area contributed by atoms with Crippen LogP contribution in [0.2, 0.25) is 0 Å². The van der Waals surface area contributed by atoms with Crippen molar-refractivity contribution in [1.29, 1.82) is 0 Å². The summed E-state index contributed by atoms with van der Waals surface area (Å²) in [5, 5.41) is 20.5. The van der Waals surface area contributed by atoms with Gasteiger partial charge in [0.15, 0.2) is 5.52 Å². The molecule has 1 aliphatic carbocycles. The molecule has 1 heterocycles. The van der Waals surface area contributed by atoms with E-state index < -0.39 is 10.9 Å². The average Bonchev–Trinajstić information content (AvgIpc) is 3.10. The van der Waals surface area contributed by atoms with Crippen molar-refractivity contribution >= 4 is 38.9 Å². The van der Waals surface area contributed by atoms with Crippen LogP contribution in [-0.4, -0.2) is 34.1 Å². The number of thiazole rings is 1. The number of hydrogen-bond acceptors (Lipinski definition) is 6. The van der Waals surface area contributed by atoms with E-state index in [9.17, 15) is 14.9 Å². The van der Waals surface area contributed by atoms with E-state index in [1.807, 2.05) is 0 Å². The highest BCUT2D eigenvalue weighted by molar-refractivity contribution is 7.16. The molecule has 1 saturated carbocycles. The number of carboxylic acid groups (broad SMARTS) is 1. The van der Waals surface area contributed by atoms with Crippen molar-refractivity contribution in [2.75, 3.05) is 18.0 Å². The Labute approximate surface area is 124 Å². The molecule has 0 amide bonds. The average molecular weight is 307 g/mol. The van der Waals surface area contributed by atoms with Crippen LogP contribution in [0, 0.1) is 16.0 Å². The second kappa shape index (κ2) is 5.28. The molecule has 8 heteroatoms. The highest BCUT2D eigenvalue weighted by atomic mass is 32.1. The van der Waals surface area contributed by atoms with E-state index in [0.29, 0.717) is 23.7 Å². The Bertz CT molecular complexity index is 711. The van der Waals surface area contributed by atoms with E-state index >= 15 is 0 Å². The number of aromatic nitrogens is 1. The molecule has 0 saturated heterocycles. The summed E-state index contributed by atoms with van der Waals surface area (Å²) in [6, 6.07) is 3.39. The summed E-state index contributed by atoms with van der Waals surface area (Å²) in [4.78, 5) is 27.6. The van der Waals surface area contributed by atoms with Crippen LogP contribution in [-0.2, 0) is 4.79 Å². The van der Waals surface area contributed by atoms with Gasteiger partial charge in [-0.15, -0.1) is 11.3 Å². The zero-order valence-electron chi connectivity index (χ0n) is 11.1. The lowest BCUT2D eigenvalue weighted by Gasteiger charge is -2.22. The van der Waals surface area contributed by atoms with Crippen LogP contribution in [0.4, 0.5) is 11.4 Å². The lowest BCUT2D eigenvalue weighted by Crippen LogP contribution is -2.32. The Morgan fingerprint density at radius 2 is 2.29 bits per heavy atom. The topological polar surface area (TPSA) is 96.6 Å². The summed E-state index contributed by atoms with van der Waals surface area (Å²) in [5.74, 6) is -0.571. The Kier molecular flexibility index (Phi) is 3.46. The summed E-state index contributed by atoms with van der Waals surface area (Å²) in [5.41, 5.74) is 2.13. The number of hydrogen-bond donors (Lipinski definition) is 1. The minimum Gasteiger partial charge on any atom is -0.480 e. The fraction of sp³-hybridized carbons (Fsp3) is 0.385. The molecular formula is C13H13N3O4S. The number of carboxylic acids is 1. The molecule has 0 bridgehead atoms. The molecule has 1 N–H and O–H groups in total. The number of benzene rings is 1. The van der Waals surface area contributed by atoms with Crippen molar-refractivity contribution in [1.82, 2.24) is 4.98 Å². The second-order valence-electron chi connectivity index (χ2n) is 5.11. The van der Waals surface area contributed by atoms with Crippen LogP contribution in [0.1, 0.15) is 12.8 Å². The van der Waals surface area contributed by atoms with E-state index in [-0.39, 0.29) is 12.2 Å². The van der Waals surface area contributed by atoms with Crippen LogP contribution in [0.5, 0.6) is 0 Å². The van der Waals surface area contributed by atoms with Crippen LogP contribution >= 0.6 is 11.3 Å². The van der Waals surface area contributed by atoms with Gasteiger partial charge in [0.2, 0.25) is 0 Å². The number of rotatable bonds is 6.